The van der Waals surface area contributed by atoms with E-state index in [2.05, 4.69) is 10.4 Å². The molecule has 5 nitrogen and oxygen atoms in total. The van der Waals surface area contributed by atoms with Crippen molar-refractivity contribution < 1.29 is 4.79 Å². The average Bonchev–Trinajstić information content (AvgIpc) is 3.50. The van der Waals surface area contributed by atoms with E-state index >= 15 is 0 Å². The molecule has 3 N–H and O–H groups in total. The van der Waals surface area contributed by atoms with Gasteiger partial charge in [-0.1, -0.05) is 18.2 Å². The Bertz CT molecular complexity index is 707. The standard InChI is InChI=1S/C18H22N4O.ClH/c19-15(12-6-7-12)11-20-18(23)17-10-16(13-8-9-13)21-22(17)14-4-2-1-3-5-14;/h1-5,10,12-13,15H,6-9,11,19H2,(H,20,23);1H. The highest BCUT2D eigenvalue weighted by Crippen LogP contribution is 2.39. The first-order valence-corrected chi connectivity index (χ1v) is 8.41. The normalized spacial score (nSPS) is 17.9. The van der Waals surface area contributed by atoms with Gasteiger partial charge >= 0.3 is 0 Å². The zero-order chi connectivity index (χ0) is 15.8. The molecule has 1 amide bonds. The van der Waals surface area contributed by atoms with Gasteiger partial charge in [0.05, 0.1) is 11.4 Å². The third-order valence-electron chi connectivity index (χ3n) is 4.68. The lowest BCUT2D eigenvalue weighted by Crippen LogP contribution is -2.39. The molecule has 1 unspecified atom stereocenters. The zero-order valence-electron chi connectivity index (χ0n) is 13.5. The van der Waals surface area contributed by atoms with Gasteiger partial charge in [0.15, 0.2) is 0 Å². The molecule has 2 aliphatic carbocycles. The van der Waals surface area contributed by atoms with E-state index in [4.69, 9.17) is 5.73 Å². The molecule has 1 heterocycles. The van der Waals surface area contributed by atoms with Crippen LogP contribution in [0.2, 0.25) is 0 Å². The first kappa shape index (κ1) is 17.0. The highest BCUT2D eigenvalue weighted by molar-refractivity contribution is 5.93. The molecule has 24 heavy (non-hydrogen) atoms. The minimum Gasteiger partial charge on any atom is -0.349 e. The number of hydrogen-bond acceptors (Lipinski definition) is 3. The van der Waals surface area contributed by atoms with Gasteiger partial charge in [-0.3, -0.25) is 4.79 Å². The summed E-state index contributed by atoms with van der Waals surface area (Å²) >= 11 is 0. The summed E-state index contributed by atoms with van der Waals surface area (Å²) in [7, 11) is 0. The number of halogens is 1. The molecular formula is C18H23ClN4O. The summed E-state index contributed by atoms with van der Waals surface area (Å²) in [5.41, 5.74) is 8.61. The van der Waals surface area contributed by atoms with Gasteiger partial charge in [0.1, 0.15) is 5.69 Å². The molecule has 1 aromatic heterocycles. The number of carbonyl (C=O) groups excluding carboxylic acids is 1. The molecular weight excluding hydrogens is 324 g/mol. The Morgan fingerprint density at radius 2 is 1.96 bits per heavy atom. The number of nitrogens with two attached hydrogens (primary N) is 1. The predicted molar refractivity (Wildman–Crippen MR) is 95.8 cm³/mol. The Balaban J connectivity index is 0.00000169. The summed E-state index contributed by atoms with van der Waals surface area (Å²) in [6.45, 7) is 0.530. The number of nitrogens with one attached hydrogen (secondary N) is 1. The summed E-state index contributed by atoms with van der Waals surface area (Å²) < 4.78 is 1.76. The number of rotatable bonds is 6. The average molecular weight is 347 g/mol. The van der Waals surface area contributed by atoms with Crippen molar-refractivity contribution in [2.24, 2.45) is 11.7 Å². The van der Waals surface area contributed by atoms with E-state index in [-0.39, 0.29) is 24.4 Å². The zero-order valence-corrected chi connectivity index (χ0v) is 14.3. The van der Waals surface area contributed by atoms with E-state index < -0.39 is 0 Å². The molecule has 2 aliphatic rings. The van der Waals surface area contributed by atoms with Crippen molar-refractivity contribution in [2.45, 2.75) is 37.6 Å². The minimum absolute atomic E-state index is 0. The van der Waals surface area contributed by atoms with Crippen LogP contribution in [0.4, 0.5) is 0 Å². The van der Waals surface area contributed by atoms with Crippen molar-refractivity contribution >= 4 is 18.3 Å². The number of para-hydroxylation sites is 1. The van der Waals surface area contributed by atoms with Crippen LogP contribution in [-0.4, -0.2) is 28.3 Å². The Morgan fingerprint density at radius 1 is 1.25 bits per heavy atom. The van der Waals surface area contributed by atoms with Gasteiger partial charge in [-0.2, -0.15) is 5.10 Å². The predicted octanol–water partition coefficient (Wildman–Crippen LogP) is 2.64. The van der Waals surface area contributed by atoms with E-state index in [9.17, 15) is 4.79 Å². The summed E-state index contributed by atoms with van der Waals surface area (Å²) in [5, 5.41) is 7.64. The molecule has 128 valence electrons. The van der Waals surface area contributed by atoms with Gasteiger partial charge < -0.3 is 11.1 Å². The maximum Gasteiger partial charge on any atom is 0.270 e. The molecule has 0 spiro atoms. The maximum absolute atomic E-state index is 12.6. The van der Waals surface area contributed by atoms with Crippen LogP contribution in [0.3, 0.4) is 0 Å². The van der Waals surface area contributed by atoms with Gasteiger partial charge in [0, 0.05) is 18.5 Å². The Labute approximate surface area is 148 Å². The number of benzene rings is 1. The van der Waals surface area contributed by atoms with Gasteiger partial charge in [-0.05, 0) is 49.8 Å². The number of carbonyl (C=O) groups is 1. The first-order valence-electron chi connectivity index (χ1n) is 8.41. The smallest absolute Gasteiger partial charge is 0.270 e. The lowest BCUT2D eigenvalue weighted by molar-refractivity contribution is 0.0942. The van der Waals surface area contributed by atoms with Crippen LogP contribution >= 0.6 is 12.4 Å². The van der Waals surface area contributed by atoms with E-state index in [0.717, 1.165) is 11.4 Å². The molecule has 2 aromatic rings. The quantitative estimate of drug-likeness (QED) is 0.844. The molecule has 2 saturated carbocycles. The van der Waals surface area contributed by atoms with Crippen LogP contribution in [0.15, 0.2) is 36.4 Å². The van der Waals surface area contributed by atoms with Crippen molar-refractivity contribution in [2.75, 3.05) is 6.54 Å². The van der Waals surface area contributed by atoms with Crippen molar-refractivity contribution in [1.82, 2.24) is 15.1 Å². The number of amides is 1. The Hall–Kier alpha value is -1.85. The molecule has 0 bridgehead atoms. The lowest BCUT2D eigenvalue weighted by atomic mass is 10.2. The highest BCUT2D eigenvalue weighted by Gasteiger charge is 2.30. The van der Waals surface area contributed by atoms with E-state index in [1.165, 1.54) is 25.7 Å². The third kappa shape index (κ3) is 3.62. The fourth-order valence-corrected chi connectivity index (χ4v) is 2.90. The SMILES string of the molecule is Cl.NC(CNC(=O)c1cc(C2CC2)nn1-c1ccccc1)C1CC1. The van der Waals surface area contributed by atoms with Gasteiger partial charge in [0.25, 0.3) is 5.91 Å². The van der Waals surface area contributed by atoms with Gasteiger partial charge in [-0.15, -0.1) is 12.4 Å². The fraction of sp³-hybridized carbons (Fsp3) is 0.444. The summed E-state index contributed by atoms with van der Waals surface area (Å²) in [6, 6.07) is 11.8. The van der Waals surface area contributed by atoms with E-state index in [1.54, 1.807) is 4.68 Å². The van der Waals surface area contributed by atoms with E-state index in [0.29, 0.717) is 24.1 Å². The van der Waals surface area contributed by atoms with Crippen molar-refractivity contribution in [3.8, 4) is 5.69 Å². The summed E-state index contributed by atoms with van der Waals surface area (Å²) in [6.07, 6.45) is 4.70. The lowest BCUT2D eigenvalue weighted by Gasteiger charge is -2.12. The Kier molecular flexibility index (Phi) is 4.92. The highest BCUT2D eigenvalue weighted by atomic mass is 35.5. The molecule has 0 radical (unpaired) electrons. The van der Waals surface area contributed by atoms with Crippen LogP contribution in [0.25, 0.3) is 5.69 Å². The molecule has 1 aromatic carbocycles. The maximum atomic E-state index is 12.6. The molecule has 0 aliphatic heterocycles. The summed E-state index contributed by atoms with van der Waals surface area (Å²) in [4.78, 5) is 12.6. The molecule has 1 atom stereocenters. The van der Waals surface area contributed by atoms with Gasteiger partial charge in [0.2, 0.25) is 0 Å². The van der Waals surface area contributed by atoms with Crippen molar-refractivity contribution in [3.63, 3.8) is 0 Å². The number of hydrogen-bond donors (Lipinski definition) is 2. The second-order valence-electron chi connectivity index (χ2n) is 6.69. The van der Waals surface area contributed by atoms with Crippen LogP contribution in [0, 0.1) is 5.92 Å². The molecule has 2 fully saturated rings. The second-order valence-corrected chi connectivity index (χ2v) is 6.69. The number of aromatic nitrogens is 2. The van der Waals surface area contributed by atoms with Crippen LogP contribution in [0.5, 0.6) is 0 Å². The fourth-order valence-electron chi connectivity index (χ4n) is 2.90. The molecule has 6 heteroatoms. The number of nitrogens with zero attached hydrogens (tertiary/aromatic N) is 2. The monoisotopic (exact) mass is 346 g/mol. The van der Waals surface area contributed by atoms with Crippen LogP contribution < -0.4 is 11.1 Å². The topological polar surface area (TPSA) is 72.9 Å². The van der Waals surface area contributed by atoms with Crippen molar-refractivity contribution in [3.05, 3.63) is 47.8 Å². The largest absolute Gasteiger partial charge is 0.349 e. The minimum atomic E-state index is -0.0932. The summed E-state index contributed by atoms with van der Waals surface area (Å²) in [5.74, 6) is 1.00. The molecule has 4 rings (SSSR count). The third-order valence-corrected chi connectivity index (χ3v) is 4.68. The van der Waals surface area contributed by atoms with Gasteiger partial charge in [-0.25, -0.2) is 4.68 Å². The Morgan fingerprint density at radius 3 is 2.58 bits per heavy atom. The molecule has 0 saturated heterocycles. The second kappa shape index (κ2) is 6.95. The van der Waals surface area contributed by atoms with Crippen LogP contribution in [-0.2, 0) is 0 Å². The van der Waals surface area contributed by atoms with Crippen LogP contribution in [0.1, 0.15) is 47.8 Å². The first-order chi connectivity index (χ1) is 11.2. The van der Waals surface area contributed by atoms with E-state index in [1.807, 2.05) is 36.4 Å². The van der Waals surface area contributed by atoms with Crippen molar-refractivity contribution in [1.29, 1.82) is 0 Å².